The largest absolute Gasteiger partial charge is 0.472 e. The highest BCUT2D eigenvalue weighted by molar-refractivity contribution is 5.92. The first-order chi connectivity index (χ1) is 11.8. The minimum atomic E-state index is 0.236. The molecule has 0 saturated heterocycles. The van der Waals surface area contributed by atoms with Crippen molar-refractivity contribution in [1.29, 1.82) is 0 Å². The van der Waals surface area contributed by atoms with Gasteiger partial charge in [-0.2, -0.15) is 0 Å². The van der Waals surface area contributed by atoms with Crippen LogP contribution in [0, 0.1) is 5.92 Å². The van der Waals surface area contributed by atoms with Crippen molar-refractivity contribution in [2.45, 2.75) is 19.4 Å². The summed E-state index contributed by atoms with van der Waals surface area (Å²) in [5, 5.41) is 7.61. The number of fused-ring (bicyclic) bond motifs is 1. The van der Waals surface area contributed by atoms with Crippen molar-refractivity contribution in [1.82, 2.24) is 24.8 Å². The summed E-state index contributed by atoms with van der Waals surface area (Å²) in [6.07, 6.45) is 7.52. The predicted molar refractivity (Wildman–Crippen MR) is 85.7 cm³/mol. The van der Waals surface area contributed by atoms with Gasteiger partial charge in [-0.25, -0.2) is 9.61 Å². The van der Waals surface area contributed by atoms with Crippen LogP contribution < -0.4 is 5.73 Å². The smallest absolute Gasteiger partial charge is 0.199 e. The molecular weight excluding hydrogens is 308 g/mol. The number of imidazole rings is 1. The van der Waals surface area contributed by atoms with Gasteiger partial charge in [0, 0.05) is 18.3 Å². The number of pyridine rings is 1. The van der Waals surface area contributed by atoms with Gasteiger partial charge < -0.3 is 14.7 Å². The van der Waals surface area contributed by atoms with Crippen molar-refractivity contribution in [2.24, 2.45) is 5.92 Å². The third kappa shape index (κ3) is 1.99. The van der Waals surface area contributed by atoms with E-state index in [2.05, 4.69) is 19.9 Å². The van der Waals surface area contributed by atoms with E-state index in [0.29, 0.717) is 17.4 Å². The molecule has 1 fully saturated rings. The molecule has 1 saturated carbocycles. The lowest BCUT2D eigenvalue weighted by Gasteiger charge is -2.06. The summed E-state index contributed by atoms with van der Waals surface area (Å²) < 4.78 is 12.1. The fraction of sp³-hybridized carbons (Fsp3) is 0.250. The summed E-state index contributed by atoms with van der Waals surface area (Å²) in [6, 6.07) is 3.83. The first kappa shape index (κ1) is 13.3. The zero-order chi connectivity index (χ0) is 16.1. The molecule has 4 aromatic rings. The van der Waals surface area contributed by atoms with Crippen molar-refractivity contribution in [2.75, 3.05) is 5.73 Å². The van der Waals surface area contributed by atoms with Crippen LogP contribution in [0.1, 0.15) is 12.8 Å². The van der Waals surface area contributed by atoms with Crippen LogP contribution in [0.25, 0.3) is 33.8 Å². The predicted octanol–water partition coefficient (Wildman–Crippen LogP) is 2.73. The Labute approximate surface area is 136 Å². The van der Waals surface area contributed by atoms with Gasteiger partial charge in [0.2, 0.25) is 0 Å². The van der Waals surface area contributed by atoms with Crippen molar-refractivity contribution in [3.8, 4) is 22.8 Å². The molecule has 4 aromatic heterocycles. The van der Waals surface area contributed by atoms with Gasteiger partial charge in [0.15, 0.2) is 17.3 Å². The minimum Gasteiger partial charge on any atom is -0.472 e. The number of hydrogen-bond acceptors (Lipinski definition) is 7. The van der Waals surface area contributed by atoms with Gasteiger partial charge >= 0.3 is 0 Å². The molecule has 0 unspecified atom stereocenters. The van der Waals surface area contributed by atoms with Crippen LogP contribution >= 0.6 is 0 Å². The van der Waals surface area contributed by atoms with Gasteiger partial charge in [0.05, 0.1) is 18.0 Å². The van der Waals surface area contributed by atoms with Gasteiger partial charge in [-0.3, -0.25) is 4.98 Å². The molecule has 0 spiro atoms. The highest BCUT2D eigenvalue weighted by atomic mass is 16.6. The molecule has 1 aliphatic carbocycles. The molecule has 0 aliphatic heterocycles. The highest BCUT2D eigenvalue weighted by Gasteiger charge is 2.27. The summed E-state index contributed by atoms with van der Waals surface area (Å²) in [5.41, 5.74) is 9.79. The molecular formula is C16H14N6O2. The van der Waals surface area contributed by atoms with Crippen molar-refractivity contribution < 1.29 is 9.05 Å². The third-order valence-corrected chi connectivity index (χ3v) is 4.33. The van der Waals surface area contributed by atoms with E-state index in [-0.39, 0.29) is 5.82 Å². The van der Waals surface area contributed by atoms with Gasteiger partial charge in [-0.1, -0.05) is 0 Å². The average molecular weight is 322 g/mol. The molecule has 4 heterocycles. The average Bonchev–Trinajstić information content (AvgIpc) is 2.99. The number of rotatable bonds is 4. The van der Waals surface area contributed by atoms with E-state index < -0.39 is 0 Å². The molecule has 0 bridgehead atoms. The van der Waals surface area contributed by atoms with Crippen LogP contribution in [0.3, 0.4) is 0 Å². The minimum absolute atomic E-state index is 0.236. The summed E-state index contributed by atoms with van der Waals surface area (Å²) in [7, 11) is 0. The Morgan fingerprint density at radius 1 is 1.21 bits per heavy atom. The Kier molecular flexibility index (Phi) is 2.72. The van der Waals surface area contributed by atoms with E-state index in [1.165, 1.54) is 12.8 Å². The molecule has 8 nitrogen and oxygen atoms in total. The number of nitrogens with two attached hydrogens (primary N) is 1. The van der Waals surface area contributed by atoms with Gasteiger partial charge in [-0.15, -0.1) is 0 Å². The van der Waals surface area contributed by atoms with Crippen LogP contribution in [0.5, 0.6) is 0 Å². The summed E-state index contributed by atoms with van der Waals surface area (Å²) in [4.78, 5) is 9.24. The number of furan rings is 1. The van der Waals surface area contributed by atoms with Gasteiger partial charge in [-0.05, 0) is 41.2 Å². The molecule has 24 heavy (non-hydrogen) atoms. The van der Waals surface area contributed by atoms with E-state index in [4.69, 9.17) is 19.8 Å². The first-order valence-corrected chi connectivity index (χ1v) is 7.77. The lowest BCUT2D eigenvalue weighted by atomic mass is 10.2. The molecule has 0 atom stereocenters. The maximum atomic E-state index is 5.89. The third-order valence-electron chi connectivity index (χ3n) is 4.33. The molecule has 8 heteroatoms. The summed E-state index contributed by atoms with van der Waals surface area (Å²) in [6.45, 7) is 0.868. The number of anilines is 1. The Morgan fingerprint density at radius 2 is 2.12 bits per heavy atom. The monoisotopic (exact) mass is 322 g/mol. The van der Waals surface area contributed by atoms with E-state index in [1.807, 2.05) is 12.1 Å². The van der Waals surface area contributed by atoms with Crippen molar-refractivity contribution in [3.63, 3.8) is 0 Å². The second-order valence-electron chi connectivity index (χ2n) is 6.03. The quantitative estimate of drug-likeness (QED) is 0.615. The molecule has 2 N–H and O–H groups in total. The topological polar surface area (TPSA) is 109 Å². The molecule has 0 radical (unpaired) electrons. The summed E-state index contributed by atoms with van der Waals surface area (Å²) >= 11 is 0. The fourth-order valence-corrected chi connectivity index (χ4v) is 2.94. The summed E-state index contributed by atoms with van der Waals surface area (Å²) in [5.74, 6) is 1.56. The normalized spacial score (nSPS) is 14.5. The van der Waals surface area contributed by atoms with Crippen molar-refractivity contribution >= 4 is 16.9 Å². The molecule has 1 aliphatic rings. The van der Waals surface area contributed by atoms with E-state index in [0.717, 1.165) is 28.8 Å². The second-order valence-corrected chi connectivity index (χ2v) is 6.03. The molecule has 0 amide bonds. The van der Waals surface area contributed by atoms with Crippen LogP contribution in [-0.4, -0.2) is 24.8 Å². The molecule has 120 valence electrons. The lowest BCUT2D eigenvalue weighted by Crippen LogP contribution is -2.03. The Balaban J connectivity index is 1.78. The maximum absolute atomic E-state index is 5.89. The first-order valence-electron chi connectivity index (χ1n) is 7.77. The van der Waals surface area contributed by atoms with Crippen LogP contribution in [0.2, 0.25) is 0 Å². The van der Waals surface area contributed by atoms with E-state index in [1.54, 1.807) is 18.7 Å². The lowest BCUT2D eigenvalue weighted by molar-refractivity contribution is 0.310. The van der Waals surface area contributed by atoms with Gasteiger partial charge in [0.1, 0.15) is 11.2 Å². The van der Waals surface area contributed by atoms with E-state index >= 15 is 0 Å². The fourth-order valence-electron chi connectivity index (χ4n) is 2.94. The number of aromatic nitrogens is 5. The SMILES string of the molecule is Nc1nonc1-c1nc2c(-c3ccoc3)nccc2n1CC1CC1. The second kappa shape index (κ2) is 4.92. The molecule has 0 aromatic carbocycles. The number of nitrogens with zero attached hydrogens (tertiary/aromatic N) is 5. The number of nitrogen functional groups attached to an aromatic ring is 1. The zero-order valence-electron chi connectivity index (χ0n) is 12.7. The van der Waals surface area contributed by atoms with Crippen molar-refractivity contribution in [3.05, 3.63) is 30.9 Å². The Bertz CT molecular complexity index is 1010. The van der Waals surface area contributed by atoms with Crippen LogP contribution in [0.4, 0.5) is 5.82 Å². The van der Waals surface area contributed by atoms with Gasteiger partial charge in [0.25, 0.3) is 0 Å². The van der Waals surface area contributed by atoms with Crippen LogP contribution in [-0.2, 0) is 6.54 Å². The van der Waals surface area contributed by atoms with Crippen LogP contribution in [0.15, 0.2) is 39.9 Å². The highest BCUT2D eigenvalue weighted by Crippen LogP contribution is 2.36. The Hall–Kier alpha value is -3.16. The zero-order valence-corrected chi connectivity index (χ0v) is 12.7. The maximum Gasteiger partial charge on any atom is 0.199 e. The standard InChI is InChI=1S/C16H14N6O2/c17-15-14(20-24-21-15)16-19-13-11(22(16)7-9-1-2-9)3-5-18-12(13)10-4-6-23-8-10/h3-6,8-9H,1-2,7H2,(H2,17,21). The van der Waals surface area contributed by atoms with E-state index in [9.17, 15) is 0 Å². The number of hydrogen-bond donors (Lipinski definition) is 1. The Morgan fingerprint density at radius 3 is 2.83 bits per heavy atom. The molecule has 5 rings (SSSR count).